The van der Waals surface area contributed by atoms with Crippen LogP contribution in [0.3, 0.4) is 0 Å². The van der Waals surface area contributed by atoms with Crippen molar-refractivity contribution in [2.24, 2.45) is 23.2 Å². The van der Waals surface area contributed by atoms with Crippen LogP contribution in [0.4, 0.5) is 0 Å². The average Bonchev–Trinajstić information content (AvgIpc) is 2.84. The fourth-order valence-corrected chi connectivity index (χ4v) is 7.38. The van der Waals surface area contributed by atoms with Crippen molar-refractivity contribution >= 4 is 5.91 Å². The van der Waals surface area contributed by atoms with Gasteiger partial charge in [0.25, 0.3) is 0 Å². The number of carbonyl (C=O) groups is 1. The molecule has 0 aromatic rings. The van der Waals surface area contributed by atoms with Crippen LogP contribution in [0, 0.1) is 23.2 Å². The van der Waals surface area contributed by atoms with Crippen molar-refractivity contribution in [1.29, 1.82) is 0 Å². The predicted octanol–water partition coefficient (Wildman–Crippen LogP) is 10.2. The van der Waals surface area contributed by atoms with E-state index in [0.29, 0.717) is 17.4 Å². The molecule has 2 rings (SSSR count). The highest BCUT2D eigenvalue weighted by molar-refractivity contribution is 5.76. The number of nitrogens with one attached hydrogen (secondary N) is 1. The Morgan fingerprint density at radius 2 is 1.46 bits per heavy atom. The summed E-state index contributed by atoms with van der Waals surface area (Å²) in [5.41, 5.74) is 0.512. The van der Waals surface area contributed by atoms with Gasteiger partial charge in [-0.1, -0.05) is 104 Å². The molecule has 0 heterocycles. The Morgan fingerprint density at radius 1 is 0.829 bits per heavy atom. The molecule has 0 aliphatic heterocycles. The molecular formula is C33H61NO. The third-order valence-corrected chi connectivity index (χ3v) is 9.67. The van der Waals surface area contributed by atoms with Crippen molar-refractivity contribution < 1.29 is 4.79 Å². The van der Waals surface area contributed by atoms with E-state index in [9.17, 15) is 4.79 Å². The molecule has 0 radical (unpaired) electrons. The van der Waals surface area contributed by atoms with Crippen molar-refractivity contribution in [1.82, 2.24) is 5.32 Å². The molecule has 35 heavy (non-hydrogen) atoms. The zero-order valence-electron chi connectivity index (χ0n) is 24.2. The first-order valence-electron chi connectivity index (χ1n) is 16.0. The van der Waals surface area contributed by atoms with E-state index in [2.05, 4.69) is 45.2 Å². The summed E-state index contributed by atoms with van der Waals surface area (Å²) in [6, 6.07) is 0.430. The lowest BCUT2D eigenvalue weighted by molar-refractivity contribution is -0.123. The maximum atomic E-state index is 12.6. The van der Waals surface area contributed by atoms with Crippen molar-refractivity contribution in [3.8, 4) is 0 Å². The molecule has 0 spiro atoms. The summed E-state index contributed by atoms with van der Waals surface area (Å²) in [6.45, 7) is 9.70. The minimum Gasteiger partial charge on any atom is -0.353 e. The second-order valence-corrected chi connectivity index (χ2v) is 12.5. The van der Waals surface area contributed by atoms with Crippen LogP contribution >= 0.6 is 0 Å². The summed E-state index contributed by atoms with van der Waals surface area (Å²) in [5, 5.41) is 3.43. The molecular weight excluding hydrogens is 426 g/mol. The van der Waals surface area contributed by atoms with Gasteiger partial charge in [0.05, 0.1) is 0 Å². The van der Waals surface area contributed by atoms with Gasteiger partial charge in [0, 0.05) is 12.5 Å². The number of rotatable bonds is 18. The molecule has 0 aromatic carbocycles. The number of allylic oxidation sites excluding steroid dienone is 2. The highest BCUT2D eigenvalue weighted by atomic mass is 16.1. The summed E-state index contributed by atoms with van der Waals surface area (Å²) >= 11 is 0. The van der Waals surface area contributed by atoms with E-state index < -0.39 is 0 Å². The van der Waals surface area contributed by atoms with E-state index in [0.717, 1.165) is 30.6 Å². The van der Waals surface area contributed by atoms with Crippen LogP contribution in [0.2, 0.25) is 0 Å². The lowest BCUT2D eigenvalue weighted by Gasteiger charge is -2.55. The lowest BCUT2D eigenvalue weighted by Crippen LogP contribution is -2.50. The van der Waals surface area contributed by atoms with Gasteiger partial charge in [0.1, 0.15) is 0 Å². The Morgan fingerprint density at radius 3 is 2.11 bits per heavy atom. The van der Waals surface area contributed by atoms with Gasteiger partial charge < -0.3 is 5.32 Å². The number of fused-ring (bicyclic) bond motifs is 1. The molecule has 2 nitrogen and oxygen atoms in total. The van der Waals surface area contributed by atoms with Gasteiger partial charge in [-0.2, -0.15) is 0 Å². The third kappa shape index (κ3) is 11.0. The van der Waals surface area contributed by atoms with Crippen molar-refractivity contribution in [2.75, 3.05) is 0 Å². The normalized spacial score (nSPS) is 28.8. The summed E-state index contributed by atoms with van der Waals surface area (Å²) in [6.07, 6.45) is 31.7. The quantitative estimate of drug-likeness (QED) is 0.151. The SMILES string of the molecule is CCCCCCCC/C=C\CCCCCCCC(=O)NC1CC[C@@]2(C)C(CCC(C)C2CCC)C1. The number of carbonyl (C=O) groups excluding carboxylic acids is 1. The molecule has 5 atom stereocenters. The van der Waals surface area contributed by atoms with Crippen LogP contribution in [0.25, 0.3) is 0 Å². The van der Waals surface area contributed by atoms with Gasteiger partial charge in [0.15, 0.2) is 0 Å². The van der Waals surface area contributed by atoms with Crippen molar-refractivity contribution in [2.45, 2.75) is 169 Å². The van der Waals surface area contributed by atoms with Crippen LogP contribution in [0.15, 0.2) is 12.2 Å². The number of unbranched alkanes of at least 4 members (excludes halogenated alkanes) is 11. The molecule has 2 heteroatoms. The fourth-order valence-electron chi connectivity index (χ4n) is 7.38. The number of hydrogen-bond acceptors (Lipinski definition) is 1. The maximum absolute atomic E-state index is 12.6. The van der Waals surface area contributed by atoms with Gasteiger partial charge in [-0.15, -0.1) is 0 Å². The second-order valence-electron chi connectivity index (χ2n) is 12.5. The van der Waals surface area contributed by atoms with Crippen LogP contribution in [-0.2, 0) is 4.79 Å². The van der Waals surface area contributed by atoms with E-state index in [1.165, 1.54) is 122 Å². The smallest absolute Gasteiger partial charge is 0.220 e. The Balaban J connectivity index is 1.48. The zero-order valence-corrected chi connectivity index (χ0v) is 24.2. The Bertz CT molecular complexity index is 584. The largest absolute Gasteiger partial charge is 0.353 e. The van der Waals surface area contributed by atoms with Gasteiger partial charge in [-0.05, 0) is 87.4 Å². The second kappa shape index (κ2) is 17.6. The fraction of sp³-hybridized carbons (Fsp3) is 0.909. The summed E-state index contributed by atoms with van der Waals surface area (Å²) in [5.74, 6) is 2.89. The Labute approximate surface area is 219 Å². The summed E-state index contributed by atoms with van der Waals surface area (Å²) < 4.78 is 0. The van der Waals surface area contributed by atoms with Crippen molar-refractivity contribution in [3.05, 3.63) is 12.2 Å². The first kappa shape index (κ1) is 30.4. The first-order chi connectivity index (χ1) is 17.0. The van der Waals surface area contributed by atoms with E-state index in [1.807, 2.05) is 0 Å². The van der Waals surface area contributed by atoms with Crippen molar-refractivity contribution in [3.63, 3.8) is 0 Å². The minimum absolute atomic E-state index is 0.311. The third-order valence-electron chi connectivity index (χ3n) is 9.67. The van der Waals surface area contributed by atoms with Crippen LogP contribution in [0.5, 0.6) is 0 Å². The van der Waals surface area contributed by atoms with Gasteiger partial charge in [-0.3, -0.25) is 4.79 Å². The molecule has 2 aliphatic rings. The molecule has 2 fully saturated rings. The van der Waals surface area contributed by atoms with Gasteiger partial charge in [-0.25, -0.2) is 0 Å². The molecule has 1 N–H and O–H groups in total. The topological polar surface area (TPSA) is 29.1 Å². The zero-order chi connectivity index (χ0) is 25.4. The Hall–Kier alpha value is -0.790. The number of hydrogen-bond donors (Lipinski definition) is 1. The average molecular weight is 488 g/mol. The molecule has 4 unspecified atom stereocenters. The molecule has 1 amide bonds. The highest BCUT2D eigenvalue weighted by Crippen LogP contribution is 2.56. The molecule has 2 aliphatic carbocycles. The van der Waals surface area contributed by atoms with Gasteiger partial charge >= 0.3 is 0 Å². The molecule has 2 saturated carbocycles. The molecule has 0 bridgehead atoms. The van der Waals surface area contributed by atoms with E-state index in [1.54, 1.807) is 0 Å². The van der Waals surface area contributed by atoms with E-state index >= 15 is 0 Å². The maximum Gasteiger partial charge on any atom is 0.220 e. The van der Waals surface area contributed by atoms with E-state index in [4.69, 9.17) is 0 Å². The number of amides is 1. The van der Waals surface area contributed by atoms with Crippen LogP contribution < -0.4 is 5.32 Å². The highest BCUT2D eigenvalue weighted by Gasteiger charge is 2.49. The summed E-state index contributed by atoms with van der Waals surface area (Å²) in [7, 11) is 0. The lowest BCUT2D eigenvalue weighted by atomic mass is 9.51. The predicted molar refractivity (Wildman–Crippen MR) is 154 cm³/mol. The molecule has 204 valence electrons. The Kier molecular flexibility index (Phi) is 15.3. The first-order valence-corrected chi connectivity index (χ1v) is 16.0. The minimum atomic E-state index is 0.311. The molecule has 0 saturated heterocycles. The molecule has 0 aromatic heterocycles. The monoisotopic (exact) mass is 487 g/mol. The standard InChI is InChI=1S/C33H61NO/c1-5-7-8-9-10-11-12-13-14-15-16-17-18-19-20-22-32(35)34-30-25-26-33(4)29(27-30)24-23-28(3)31(33)21-6-2/h13-14,28-31H,5-12,15-27H2,1-4H3,(H,34,35)/b14-13-/t28?,29?,30?,31?,33-/m0/s1. The summed E-state index contributed by atoms with van der Waals surface area (Å²) in [4.78, 5) is 12.6. The van der Waals surface area contributed by atoms with Crippen LogP contribution in [0.1, 0.15) is 163 Å². The van der Waals surface area contributed by atoms with Crippen LogP contribution in [-0.4, -0.2) is 11.9 Å². The van der Waals surface area contributed by atoms with Gasteiger partial charge in [0.2, 0.25) is 5.91 Å². The van der Waals surface area contributed by atoms with E-state index in [-0.39, 0.29) is 0 Å².